The van der Waals surface area contributed by atoms with Gasteiger partial charge in [-0.15, -0.1) is 11.3 Å². The number of anilines is 3. The van der Waals surface area contributed by atoms with Crippen LogP contribution in [0.1, 0.15) is 19.8 Å². The van der Waals surface area contributed by atoms with Crippen LogP contribution in [0.15, 0.2) is 70.4 Å². The molecule has 1 N–H and O–H groups in total. The lowest BCUT2D eigenvalue weighted by Gasteiger charge is -2.36. The SMILES string of the molecule is CCn1c(=O)c(-c2ccc(-c3cscn3)cc2Cl)cc2cnc(Nc3ccc(N4CCN(C5CC5)CC4)cc3)nc21. The number of rotatable bonds is 7. The third kappa shape index (κ3) is 5.21. The maximum Gasteiger partial charge on any atom is 0.260 e. The summed E-state index contributed by atoms with van der Waals surface area (Å²) in [6, 6.07) is 16.8. The van der Waals surface area contributed by atoms with Gasteiger partial charge in [0.25, 0.3) is 5.56 Å². The molecular weight excluding hydrogens is 554 g/mol. The zero-order chi connectivity index (χ0) is 27.9. The van der Waals surface area contributed by atoms with Crippen LogP contribution in [0.4, 0.5) is 17.3 Å². The fourth-order valence-corrected chi connectivity index (χ4v) is 6.47. The van der Waals surface area contributed by atoms with Gasteiger partial charge in [-0.2, -0.15) is 4.98 Å². The Morgan fingerprint density at radius 1 is 1.00 bits per heavy atom. The molecule has 4 heterocycles. The van der Waals surface area contributed by atoms with Crippen LogP contribution in [-0.2, 0) is 6.54 Å². The number of hydrogen-bond donors (Lipinski definition) is 1. The summed E-state index contributed by atoms with van der Waals surface area (Å²) < 4.78 is 1.67. The third-order valence-corrected chi connectivity index (χ3v) is 8.90. The number of aromatic nitrogens is 4. The maximum atomic E-state index is 13.6. The predicted octanol–water partition coefficient (Wildman–Crippen LogP) is 6.28. The predicted molar refractivity (Wildman–Crippen MR) is 168 cm³/mol. The van der Waals surface area contributed by atoms with Crippen molar-refractivity contribution in [3.8, 4) is 22.4 Å². The first kappa shape index (κ1) is 26.1. The Bertz CT molecular complexity index is 1760. The number of nitrogens with zero attached hydrogens (tertiary/aromatic N) is 6. The monoisotopic (exact) mass is 583 g/mol. The summed E-state index contributed by atoms with van der Waals surface area (Å²) in [6.07, 6.45) is 4.48. The number of thiazole rings is 1. The molecule has 0 atom stereocenters. The number of hydrogen-bond acceptors (Lipinski definition) is 8. The highest BCUT2D eigenvalue weighted by Gasteiger charge is 2.31. The summed E-state index contributed by atoms with van der Waals surface area (Å²) in [5.74, 6) is 0.447. The number of aryl methyl sites for hydroxylation is 1. The smallest absolute Gasteiger partial charge is 0.260 e. The molecule has 0 unspecified atom stereocenters. The van der Waals surface area contributed by atoms with Gasteiger partial charge in [0.15, 0.2) is 0 Å². The summed E-state index contributed by atoms with van der Waals surface area (Å²) in [4.78, 5) is 32.3. The minimum atomic E-state index is -0.140. The van der Waals surface area contributed by atoms with Crippen LogP contribution in [-0.4, -0.2) is 56.6 Å². The molecule has 7 rings (SSSR count). The van der Waals surface area contributed by atoms with E-state index in [9.17, 15) is 4.79 Å². The lowest BCUT2D eigenvalue weighted by Crippen LogP contribution is -2.47. The lowest BCUT2D eigenvalue weighted by atomic mass is 10.0. The van der Waals surface area contributed by atoms with Crippen LogP contribution in [0.2, 0.25) is 5.02 Å². The summed E-state index contributed by atoms with van der Waals surface area (Å²) in [5.41, 5.74) is 7.34. The molecule has 8 nitrogen and oxygen atoms in total. The molecule has 208 valence electrons. The van der Waals surface area contributed by atoms with Gasteiger partial charge >= 0.3 is 0 Å². The van der Waals surface area contributed by atoms with Gasteiger partial charge in [0.2, 0.25) is 5.95 Å². The first-order valence-electron chi connectivity index (χ1n) is 14.0. The van der Waals surface area contributed by atoms with Crippen molar-refractivity contribution in [2.45, 2.75) is 32.4 Å². The highest BCUT2D eigenvalue weighted by molar-refractivity contribution is 7.07. The van der Waals surface area contributed by atoms with Crippen molar-refractivity contribution in [3.05, 3.63) is 81.0 Å². The Balaban J connectivity index is 1.13. The van der Waals surface area contributed by atoms with Gasteiger partial charge in [-0.3, -0.25) is 14.3 Å². The molecule has 0 amide bonds. The van der Waals surface area contributed by atoms with Gasteiger partial charge in [-0.1, -0.05) is 23.7 Å². The number of benzene rings is 2. The second-order valence-corrected chi connectivity index (χ2v) is 11.7. The molecule has 41 heavy (non-hydrogen) atoms. The van der Waals surface area contributed by atoms with Gasteiger partial charge in [-0.25, -0.2) is 9.97 Å². The highest BCUT2D eigenvalue weighted by Crippen LogP contribution is 2.32. The third-order valence-electron chi connectivity index (χ3n) is 8.00. The minimum absolute atomic E-state index is 0.140. The van der Waals surface area contributed by atoms with Gasteiger partial charge in [-0.05, 0) is 56.2 Å². The summed E-state index contributed by atoms with van der Waals surface area (Å²) in [7, 11) is 0. The second kappa shape index (κ2) is 10.9. The van der Waals surface area contributed by atoms with Crippen molar-refractivity contribution < 1.29 is 0 Å². The van der Waals surface area contributed by atoms with Gasteiger partial charge in [0, 0.05) is 88.8 Å². The molecule has 1 aliphatic carbocycles. The molecule has 0 radical (unpaired) electrons. The Morgan fingerprint density at radius 3 is 2.49 bits per heavy atom. The second-order valence-electron chi connectivity index (χ2n) is 10.6. The van der Waals surface area contributed by atoms with Crippen LogP contribution >= 0.6 is 22.9 Å². The number of fused-ring (bicyclic) bond motifs is 1. The summed E-state index contributed by atoms with van der Waals surface area (Å²) >= 11 is 8.21. The maximum absolute atomic E-state index is 13.6. The van der Waals surface area contributed by atoms with Crippen LogP contribution < -0.4 is 15.8 Å². The van der Waals surface area contributed by atoms with E-state index < -0.39 is 0 Å². The quantitative estimate of drug-likeness (QED) is 0.241. The Kier molecular flexibility index (Phi) is 6.94. The largest absolute Gasteiger partial charge is 0.369 e. The average Bonchev–Trinajstić information content (AvgIpc) is 3.71. The molecule has 2 aliphatic rings. The molecule has 10 heteroatoms. The van der Waals surface area contributed by atoms with Crippen molar-refractivity contribution in [2.24, 2.45) is 0 Å². The zero-order valence-electron chi connectivity index (χ0n) is 22.8. The molecule has 2 fully saturated rings. The van der Waals surface area contributed by atoms with Crippen molar-refractivity contribution in [1.82, 2.24) is 24.4 Å². The number of halogens is 1. The van der Waals surface area contributed by atoms with Gasteiger partial charge in [0.1, 0.15) is 5.65 Å². The fraction of sp³-hybridized carbons (Fsp3) is 0.290. The van der Waals surface area contributed by atoms with E-state index in [-0.39, 0.29) is 5.56 Å². The van der Waals surface area contributed by atoms with Gasteiger partial charge in [0.05, 0.1) is 11.2 Å². The van der Waals surface area contributed by atoms with Crippen molar-refractivity contribution in [1.29, 1.82) is 0 Å². The van der Waals surface area contributed by atoms with E-state index in [1.54, 1.807) is 16.3 Å². The molecule has 1 saturated heterocycles. The normalized spacial score (nSPS) is 15.9. The molecule has 2 aromatic carbocycles. The summed E-state index contributed by atoms with van der Waals surface area (Å²) in [6.45, 7) is 6.82. The lowest BCUT2D eigenvalue weighted by molar-refractivity contribution is 0.248. The van der Waals surface area contributed by atoms with Crippen LogP contribution in [0.5, 0.6) is 0 Å². The standard InChI is InChI=1S/C31H30ClN7OS/c1-2-39-29-21(15-26(30(39)40)25-10-3-20(16-27(25)32)28-18-41-19-34-28)17-33-31(36-29)35-22-4-6-23(7-5-22)37-11-13-38(14-12-37)24-8-9-24/h3-7,10,15-19,24H,2,8-9,11-14H2,1H3,(H,33,35,36). The van der Waals surface area contributed by atoms with Gasteiger partial charge < -0.3 is 10.2 Å². The van der Waals surface area contributed by atoms with E-state index in [0.29, 0.717) is 34.3 Å². The summed E-state index contributed by atoms with van der Waals surface area (Å²) in [5, 5.41) is 6.56. The van der Waals surface area contributed by atoms with E-state index >= 15 is 0 Å². The van der Waals surface area contributed by atoms with Crippen LogP contribution in [0.3, 0.4) is 0 Å². The molecule has 5 aromatic rings. The van der Waals surface area contributed by atoms with E-state index in [4.69, 9.17) is 16.6 Å². The van der Waals surface area contributed by atoms with Crippen molar-refractivity contribution >= 4 is 51.3 Å². The van der Waals surface area contributed by atoms with Crippen LogP contribution in [0.25, 0.3) is 33.4 Å². The zero-order valence-corrected chi connectivity index (χ0v) is 24.3. The van der Waals surface area contributed by atoms with Crippen molar-refractivity contribution in [2.75, 3.05) is 36.4 Å². The Labute approximate surface area is 247 Å². The molecular formula is C31H30ClN7OS. The van der Waals surface area contributed by atoms with Crippen LogP contribution in [0, 0.1) is 0 Å². The molecule has 3 aromatic heterocycles. The number of nitrogens with one attached hydrogen (secondary N) is 1. The average molecular weight is 584 g/mol. The van der Waals surface area contributed by atoms with E-state index in [2.05, 4.69) is 49.4 Å². The van der Waals surface area contributed by atoms with Crippen molar-refractivity contribution in [3.63, 3.8) is 0 Å². The van der Waals surface area contributed by atoms with E-state index in [1.165, 1.54) is 29.9 Å². The molecule has 1 saturated carbocycles. The Hall–Kier alpha value is -3.79. The fourth-order valence-electron chi connectivity index (χ4n) is 5.62. The first-order chi connectivity index (χ1) is 20.1. The minimum Gasteiger partial charge on any atom is -0.369 e. The Morgan fingerprint density at radius 2 is 1.80 bits per heavy atom. The number of piperazine rings is 1. The van der Waals surface area contributed by atoms with E-state index in [0.717, 1.165) is 54.6 Å². The molecule has 0 spiro atoms. The first-order valence-corrected chi connectivity index (χ1v) is 15.3. The molecule has 0 bridgehead atoms. The van der Waals surface area contributed by atoms with E-state index in [1.807, 2.05) is 36.6 Å². The highest BCUT2D eigenvalue weighted by atomic mass is 35.5. The number of pyridine rings is 1. The molecule has 1 aliphatic heterocycles. The topological polar surface area (TPSA) is 79.2 Å².